The molecule has 1 saturated heterocycles. The van der Waals surface area contributed by atoms with Crippen LogP contribution in [0.15, 0.2) is 30.3 Å². The van der Waals surface area contributed by atoms with Gasteiger partial charge in [0.1, 0.15) is 0 Å². The van der Waals surface area contributed by atoms with Gasteiger partial charge < -0.3 is 9.80 Å². The van der Waals surface area contributed by atoms with Gasteiger partial charge in [0.15, 0.2) is 0 Å². The van der Waals surface area contributed by atoms with Gasteiger partial charge in [0.05, 0.1) is 0 Å². The summed E-state index contributed by atoms with van der Waals surface area (Å²) < 4.78 is 0. The summed E-state index contributed by atoms with van der Waals surface area (Å²) in [5.41, 5.74) is 1.35. The van der Waals surface area contributed by atoms with E-state index in [1.54, 1.807) is 0 Å². The van der Waals surface area contributed by atoms with E-state index in [0.29, 0.717) is 0 Å². The minimum Gasteiger partial charge on any atom is -0.368 e. The predicted molar refractivity (Wildman–Crippen MR) is 56.1 cm³/mol. The van der Waals surface area contributed by atoms with Gasteiger partial charge in [0, 0.05) is 24.8 Å². The molecule has 0 N–H and O–H groups in total. The molecule has 1 aliphatic heterocycles. The Morgan fingerprint density at radius 2 is 1.77 bits per heavy atom. The minimum atomic E-state index is 0.736. The van der Waals surface area contributed by atoms with Gasteiger partial charge >= 0.3 is 0 Å². The Bertz CT molecular complexity index is 263. The number of hydrogen-bond acceptors (Lipinski definition) is 2. The summed E-state index contributed by atoms with van der Waals surface area (Å²) in [5, 5.41) is 0. The van der Waals surface area contributed by atoms with Crippen molar-refractivity contribution in [3.63, 3.8) is 0 Å². The lowest BCUT2D eigenvalue weighted by atomic mass is 10.1. The molecule has 0 aromatic heterocycles. The first kappa shape index (κ1) is 8.57. The third-order valence-corrected chi connectivity index (χ3v) is 2.71. The van der Waals surface area contributed by atoms with E-state index in [4.69, 9.17) is 0 Å². The van der Waals surface area contributed by atoms with E-state index in [1.165, 1.54) is 5.69 Å². The van der Waals surface area contributed by atoms with Crippen LogP contribution in [0.25, 0.3) is 0 Å². The van der Waals surface area contributed by atoms with Crippen molar-refractivity contribution in [2.24, 2.45) is 0 Å². The van der Waals surface area contributed by atoms with Crippen molar-refractivity contribution in [3.8, 4) is 0 Å². The smallest absolute Gasteiger partial charge is 0.0440 e. The molecule has 1 fully saturated rings. The summed E-state index contributed by atoms with van der Waals surface area (Å²) in [6.45, 7) is 2.33. The van der Waals surface area contributed by atoms with Crippen LogP contribution in [0.2, 0.25) is 0 Å². The highest BCUT2D eigenvalue weighted by Crippen LogP contribution is 2.21. The molecule has 1 aromatic rings. The van der Waals surface area contributed by atoms with Gasteiger partial charge in [-0.3, -0.25) is 0 Å². The maximum absolute atomic E-state index is 2.41. The molecular weight excluding hydrogens is 160 g/mol. The molecule has 0 spiro atoms. The summed E-state index contributed by atoms with van der Waals surface area (Å²) in [6, 6.07) is 11.3. The van der Waals surface area contributed by atoms with Crippen LogP contribution >= 0.6 is 0 Å². The Labute approximate surface area is 79.8 Å². The summed E-state index contributed by atoms with van der Waals surface area (Å²) >= 11 is 0. The number of hydrogen-bond donors (Lipinski definition) is 0. The average Bonchev–Trinajstić information content (AvgIpc) is 2.02. The molecule has 0 radical (unpaired) electrons. The van der Waals surface area contributed by atoms with Crippen LogP contribution in [-0.4, -0.2) is 38.1 Å². The zero-order valence-corrected chi connectivity index (χ0v) is 8.27. The fraction of sp³-hybridized carbons (Fsp3) is 0.455. The molecule has 2 nitrogen and oxygen atoms in total. The molecule has 0 bridgehead atoms. The van der Waals surface area contributed by atoms with Gasteiger partial charge in [0.2, 0.25) is 0 Å². The second-order valence-corrected chi connectivity index (χ2v) is 3.86. The predicted octanol–water partition coefficient (Wildman–Crippen LogP) is 1.44. The van der Waals surface area contributed by atoms with Crippen molar-refractivity contribution in [3.05, 3.63) is 30.3 Å². The van der Waals surface area contributed by atoms with E-state index in [-0.39, 0.29) is 0 Å². The van der Waals surface area contributed by atoms with Crippen molar-refractivity contribution >= 4 is 5.69 Å². The molecule has 2 rings (SSSR count). The minimum absolute atomic E-state index is 0.736. The number of rotatable bonds is 2. The Balaban J connectivity index is 1.94. The number of benzene rings is 1. The first-order valence-electron chi connectivity index (χ1n) is 4.74. The zero-order valence-electron chi connectivity index (χ0n) is 8.27. The highest BCUT2D eigenvalue weighted by atomic mass is 15.3. The van der Waals surface area contributed by atoms with Crippen LogP contribution in [0.5, 0.6) is 0 Å². The van der Waals surface area contributed by atoms with Gasteiger partial charge in [-0.2, -0.15) is 0 Å². The molecule has 0 unspecified atom stereocenters. The number of para-hydroxylation sites is 1. The van der Waals surface area contributed by atoms with Crippen molar-refractivity contribution in [2.75, 3.05) is 32.1 Å². The molecule has 13 heavy (non-hydrogen) atoms. The van der Waals surface area contributed by atoms with Gasteiger partial charge in [0.25, 0.3) is 0 Å². The van der Waals surface area contributed by atoms with Gasteiger partial charge in [-0.1, -0.05) is 18.2 Å². The van der Waals surface area contributed by atoms with Gasteiger partial charge in [-0.25, -0.2) is 0 Å². The van der Waals surface area contributed by atoms with Gasteiger partial charge in [-0.15, -0.1) is 0 Å². The third kappa shape index (κ3) is 1.68. The van der Waals surface area contributed by atoms with Gasteiger partial charge in [-0.05, 0) is 26.2 Å². The first-order valence-corrected chi connectivity index (χ1v) is 4.74. The normalized spacial score (nSPS) is 17.6. The fourth-order valence-electron chi connectivity index (χ4n) is 1.63. The van der Waals surface area contributed by atoms with Crippen molar-refractivity contribution in [1.82, 2.24) is 4.90 Å². The number of nitrogens with zero attached hydrogens (tertiary/aromatic N) is 2. The van der Waals surface area contributed by atoms with Crippen LogP contribution in [0, 0.1) is 0 Å². The zero-order chi connectivity index (χ0) is 9.26. The lowest BCUT2D eigenvalue weighted by Crippen LogP contribution is -2.57. The monoisotopic (exact) mass is 176 g/mol. The Morgan fingerprint density at radius 1 is 1.15 bits per heavy atom. The fourth-order valence-corrected chi connectivity index (χ4v) is 1.63. The Morgan fingerprint density at radius 3 is 2.31 bits per heavy atom. The van der Waals surface area contributed by atoms with E-state index in [2.05, 4.69) is 54.2 Å². The van der Waals surface area contributed by atoms with Crippen LogP contribution in [0.1, 0.15) is 0 Å². The van der Waals surface area contributed by atoms with E-state index in [9.17, 15) is 0 Å². The third-order valence-electron chi connectivity index (χ3n) is 2.71. The lowest BCUT2D eigenvalue weighted by molar-refractivity contribution is 0.247. The number of anilines is 1. The topological polar surface area (TPSA) is 6.48 Å². The van der Waals surface area contributed by atoms with E-state index >= 15 is 0 Å². The quantitative estimate of drug-likeness (QED) is 0.672. The lowest BCUT2D eigenvalue weighted by Gasteiger charge is -2.44. The molecule has 1 aliphatic rings. The highest BCUT2D eigenvalue weighted by Gasteiger charge is 2.27. The molecule has 0 atom stereocenters. The molecule has 0 aliphatic carbocycles. The Kier molecular flexibility index (Phi) is 2.23. The highest BCUT2D eigenvalue weighted by molar-refractivity contribution is 5.49. The number of likely N-dealkylation sites (N-methyl/N-ethyl adjacent to an activating group) is 1. The summed E-state index contributed by atoms with van der Waals surface area (Å²) in [5.74, 6) is 0. The van der Waals surface area contributed by atoms with E-state index < -0.39 is 0 Å². The maximum atomic E-state index is 2.41. The average molecular weight is 176 g/mol. The second kappa shape index (κ2) is 3.38. The van der Waals surface area contributed by atoms with Crippen LogP contribution in [-0.2, 0) is 0 Å². The first-order chi connectivity index (χ1) is 6.27. The van der Waals surface area contributed by atoms with Crippen LogP contribution < -0.4 is 4.90 Å². The van der Waals surface area contributed by atoms with E-state index in [1.807, 2.05) is 0 Å². The molecule has 1 aromatic carbocycles. The summed E-state index contributed by atoms with van der Waals surface area (Å²) in [6.07, 6.45) is 0. The van der Waals surface area contributed by atoms with E-state index in [0.717, 1.165) is 19.1 Å². The molecular formula is C11H16N2. The largest absolute Gasteiger partial charge is 0.368 e. The molecule has 0 saturated carbocycles. The molecule has 70 valence electrons. The summed E-state index contributed by atoms with van der Waals surface area (Å²) in [7, 11) is 4.29. The Hall–Kier alpha value is -1.02. The molecule has 2 heteroatoms. The molecule has 0 amide bonds. The van der Waals surface area contributed by atoms with Crippen molar-refractivity contribution in [2.45, 2.75) is 6.04 Å². The second-order valence-electron chi connectivity index (χ2n) is 3.86. The maximum Gasteiger partial charge on any atom is 0.0440 e. The standard InChI is InChI=1S/C11H16N2/c1-12(2)11-8-13(9-11)10-6-4-3-5-7-10/h3-7,11H,8-9H2,1-2H3. The van der Waals surface area contributed by atoms with Crippen molar-refractivity contribution in [1.29, 1.82) is 0 Å². The van der Waals surface area contributed by atoms with Crippen LogP contribution in [0.4, 0.5) is 5.69 Å². The van der Waals surface area contributed by atoms with Crippen LogP contribution in [0.3, 0.4) is 0 Å². The molecule has 1 heterocycles. The van der Waals surface area contributed by atoms with Crippen molar-refractivity contribution < 1.29 is 0 Å². The SMILES string of the molecule is CN(C)C1CN(c2ccccc2)C1. The summed E-state index contributed by atoms with van der Waals surface area (Å²) in [4.78, 5) is 4.70.